The minimum absolute atomic E-state index is 0.121. The first kappa shape index (κ1) is 17.8. The molecule has 1 fully saturated rings. The third-order valence-corrected chi connectivity index (χ3v) is 5.23. The summed E-state index contributed by atoms with van der Waals surface area (Å²) in [5.41, 5.74) is -0.246. The highest BCUT2D eigenvalue weighted by Crippen LogP contribution is 2.12. The van der Waals surface area contributed by atoms with E-state index in [1.54, 1.807) is 0 Å². The monoisotopic (exact) mass is 307 g/mol. The first-order valence-electron chi connectivity index (χ1n) is 7.34. The third-order valence-electron chi connectivity index (χ3n) is 3.93. The van der Waals surface area contributed by atoms with Crippen LogP contribution in [-0.2, 0) is 10.0 Å². The van der Waals surface area contributed by atoms with E-state index < -0.39 is 10.0 Å². The van der Waals surface area contributed by atoms with E-state index in [1.165, 1.54) is 10.6 Å². The highest BCUT2D eigenvalue weighted by Gasteiger charge is 2.26. The van der Waals surface area contributed by atoms with Gasteiger partial charge in [-0.2, -0.15) is 4.31 Å². The van der Waals surface area contributed by atoms with E-state index in [9.17, 15) is 13.5 Å². The van der Waals surface area contributed by atoms with Crippen LogP contribution >= 0.6 is 0 Å². The molecule has 0 bridgehead atoms. The molecule has 0 aromatic rings. The lowest BCUT2D eigenvalue weighted by Crippen LogP contribution is -2.52. The number of aliphatic hydroxyl groups excluding tert-OH is 1. The Labute approximate surface area is 123 Å². The van der Waals surface area contributed by atoms with Gasteiger partial charge in [0.2, 0.25) is 10.0 Å². The first-order chi connectivity index (χ1) is 9.30. The molecule has 120 valence electrons. The van der Waals surface area contributed by atoms with Gasteiger partial charge in [-0.25, -0.2) is 8.42 Å². The van der Waals surface area contributed by atoms with Gasteiger partial charge in [-0.05, 0) is 26.3 Å². The van der Waals surface area contributed by atoms with Crippen molar-refractivity contribution in [2.24, 2.45) is 0 Å². The zero-order chi connectivity index (χ0) is 15.2. The molecule has 6 nitrogen and oxygen atoms in total. The van der Waals surface area contributed by atoms with Crippen molar-refractivity contribution in [1.82, 2.24) is 14.5 Å². The highest BCUT2D eigenvalue weighted by molar-refractivity contribution is 7.88. The van der Waals surface area contributed by atoms with E-state index >= 15 is 0 Å². The van der Waals surface area contributed by atoms with Crippen molar-refractivity contribution < 1.29 is 13.5 Å². The van der Waals surface area contributed by atoms with Crippen molar-refractivity contribution in [2.45, 2.75) is 32.2 Å². The molecule has 0 aliphatic carbocycles. The molecule has 1 saturated heterocycles. The fourth-order valence-corrected chi connectivity index (χ4v) is 3.17. The minimum Gasteiger partial charge on any atom is -0.394 e. The fraction of sp³-hybridized carbons (Fsp3) is 1.00. The largest absolute Gasteiger partial charge is 0.394 e. The van der Waals surface area contributed by atoms with Crippen LogP contribution in [0.15, 0.2) is 0 Å². The van der Waals surface area contributed by atoms with E-state index in [0.29, 0.717) is 13.1 Å². The molecule has 1 heterocycles. The summed E-state index contributed by atoms with van der Waals surface area (Å²) in [6, 6.07) is 0. The van der Waals surface area contributed by atoms with Crippen molar-refractivity contribution >= 4 is 10.0 Å². The summed E-state index contributed by atoms with van der Waals surface area (Å²) in [6.45, 7) is 8.71. The molecule has 2 N–H and O–H groups in total. The van der Waals surface area contributed by atoms with Gasteiger partial charge in [0.25, 0.3) is 0 Å². The summed E-state index contributed by atoms with van der Waals surface area (Å²) in [7, 11) is -3.05. The van der Waals surface area contributed by atoms with Gasteiger partial charge in [-0.3, -0.25) is 0 Å². The minimum atomic E-state index is -3.05. The maximum Gasteiger partial charge on any atom is 0.211 e. The predicted molar refractivity (Wildman–Crippen MR) is 81.3 cm³/mol. The molecule has 20 heavy (non-hydrogen) atoms. The van der Waals surface area contributed by atoms with Crippen molar-refractivity contribution in [2.75, 3.05) is 52.1 Å². The van der Waals surface area contributed by atoms with E-state index in [2.05, 4.69) is 17.1 Å². The number of nitrogens with zero attached hydrogens (tertiary/aromatic N) is 2. The number of piperazine rings is 1. The third kappa shape index (κ3) is 5.65. The average Bonchev–Trinajstić information content (AvgIpc) is 2.42. The quantitative estimate of drug-likeness (QED) is 0.644. The SMILES string of the molecule is CCCNC(C)(CO)CCN1CCN(S(C)(=O)=O)CC1. The van der Waals surface area contributed by atoms with E-state index in [1.807, 2.05) is 6.92 Å². The van der Waals surface area contributed by atoms with Crippen molar-refractivity contribution in [3.63, 3.8) is 0 Å². The van der Waals surface area contributed by atoms with E-state index in [0.717, 1.165) is 39.0 Å². The molecule has 1 aliphatic rings. The fourth-order valence-electron chi connectivity index (χ4n) is 2.34. The molecule has 1 aliphatic heterocycles. The smallest absolute Gasteiger partial charge is 0.211 e. The number of aliphatic hydroxyl groups is 1. The maximum atomic E-state index is 11.4. The van der Waals surface area contributed by atoms with Gasteiger partial charge in [0.05, 0.1) is 12.9 Å². The molecule has 0 aromatic heterocycles. The summed E-state index contributed by atoms with van der Waals surface area (Å²) >= 11 is 0. The number of rotatable bonds is 8. The zero-order valence-electron chi connectivity index (χ0n) is 12.9. The second-order valence-electron chi connectivity index (χ2n) is 5.90. The highest BCUT2D eigenvalue weighted by atomic mass is 32.2. The summed E-state index contributed by atoms with van der Waals surface area (Å²) in [4.78, 5) is 2.27. The Hall–Kier alpha value is -0.210. The molecule has 0 spiro atoms. The second kappa shape index (κ2) is 7.70. The summed E-state index contributed by atoms with van der Waals surface area (Å²) < 4.78 is 24.4. The van der Waals surface area contributed by atoms with Gasteiger partial charge in [0.15, 0.2) is 0 Å². The second-order valence-corrected chi connectivity index (χ2v) is 7.88. The van der Waals surface area contributed by atoms with Gasteiger partial charge in [-0.15, -0.1) is 0 Å². The Morgan fingerprint density at radius 1 is 1.25 bits per heavy atom. The Bertz CT molecular complexity index is 380. The lowest BCUT2D eigenvalue weighted by Gasteiger charge is -2.36. The van der Waals surface area contributed by atoms with Gasteiger partial charge in [0.1, 0.15) is 0 Å². The molecular weight excluding hydrogens is 278 g/mol. The Morgan fingerprint density at radius 2 is 1.85 bits per heavy atom. The van der Waals surface area contributed by atoms with Crippen LogP contribution in [0.25, 0.3) is 0 Å². The van der Waals surface area contributed by atoms with Gasteiger partial charge < -0.3 is 15.3 Å². The molecule has 0 aromatic carbocycles. The molecular formula is C13H29N3O3S. The summed E-state index contributed by atoms with van der Waals surface area (Å²) in [6.07, 6.45) is 3.17. The normalized spacial score (nSPS) is 21.8. The average molecular weight is 307 g/mol. The van der Waals surface area contributed by atoms with Gasteiger partial charge in [0, 0.05) is 38.3 Å². The number of hydrogen-bond donors (Lipinski definition) is 2. The molecule has 1 rings (SSSR count). The Kier molecular flexibility index (Phi) is 6.87. The maximum absolute atomic E-state index is 11.4. The van der Waals surface area contributed by atoms with Crippen LogP contribution in [0.2, 0.25) is 0 Å². The topological polar surface area (TPSA) is 72.9 Å². The molecule has 0 saturated carbocycles. The van der Waals surface area contributed by atoms with Gasteiger partial charge >= 0.3 is 0 Å². The van der Waals surface area contributed by atoms with Crippen molar-refractivity contribution in [1.29, 1.82) is 0 Å². The van der Waals surface area contributed by atoms with Crippen LogP contribution in [-0.4, -0.2) is 80.4 Å². The number of sulfonamides is 1. The van der Waals surface area contributed by atoms with Crippen LogP contribution < -0.4 is 5.32 Å². The molecule has 1 atom stereocenters. The first-order valence-corrected chi connectivity index (χ1v) is 9.19. The molecule has 1 unspecified atom stereocenters. The van der Waals surface area contributed by atoms with Gasteiger partial charge in [-0.1, -0.05) is 6.92 Å². The van der Waals surface area contributed by atoms with Crippen molar-refractivity contribution in [3.8, 4) is 0 Å². The summed E-state index contributed by atoms with van der Waals surface area (Å²) in [5, 5.41) is 12.9. The predicted octanol–water partition coefficient (Wildman–Crippen LogP) is -0.296. The lowest BCUT2D eigenvalue weighted by atomic mass is 9.98. The standard InChI is InChI=1S/C13H29N3O3S/c1-4-6-14-13(2,12-17)5-7-15-8-10-16(11-9-15)20(3,18)19/h14,17H,4-12H2,1-3H3. The zero-order valence-corrected chi connectivity index (χ0v) is 13.7. The summed E-state index contributed by atoms with van der Waals surface area (Å²) in [5.74, 6) is 0. The van der Waals surface area contributed by atoms with E-state index in [-0.39, 0.29) is 12.1 Å². The van der Waals surface area contributed by atoms with E-state index in [4.69, 9.17) is 0 Å². The number of hydrogen-bond acceptors (Lipinski definition) is 5. The molecule has 0 radical (unpaired) electrons. The van der Waals surface area contributed by atoms with Crippen LogP contribution in [0, 0.1) is 0 Å². The number of nitrogens with one attached hydrogen (secondary N) is 1. The lowest BCUT2D eigenvalue weighted by molar-refractivity contribution is 0.130. The van der Waals surface area contributed by atoms with Crippen molar-refractivity contribution in [3.05, 3.63) is 0 Å². The van der Waals surface area contributed by atoms with Crippen LogP contribution in [0.4, 0.5) is 0 Å². The molecule has 7 heteroatoms. The van der Waals surface area contributed by atoms with Crippen LogP contribution in [0.1, 0.15) is 26.7 Å². The van der Waals surface area contributed by atoms with Crippen LogP contribution in [0.5, 0.6) is 0 Å². The molecule has 0 amide bonds. The Balaban J connectivity index is 2.36. The van der Waals surface area contributed by atoms with Crippen LogP contribution in [0.3, 0.4) is 0 Å². The Morgan fingerprint density at radius 3 is 2.30 bits per heavy atom.